The zero-order chi connectivity index (χ0) is 14.8. The Morgan fingerprint density at radius 3 is 2.55 bits per heavy atom. The van der Waals surface area contributed by atoms with Crippen LogP contribution in [0.25, 0.3) is 6.08 Å². The molecule has 2 aliphatic rings. The van der Waals surface area contributed by atoms with Crippen molar-refractivity contribution >= 4 is 20.4 Å². The fraction of sp³-hybridized carbons (Fsp3) is 0.0952. The van der Waals surface area contributed by atoms with Crippen molar-refractivity contribution in [3.63, 3.8) is 0 Å². The normalized spacial score (nSPS) is 20.5. The Morgan fingerprint density at radius 1 is 0.818 bits per heavy atom. The fourth-order valence-electron chi connectivity index (χ4n) is 3.11. The third kappa shape index (κ3) is 2.60. The van der Waals surface area contributed by atoms with Crippen LogP contribution in [0.1, 0.15) is 22.6 Å². The lowest BCUT2D eigenvalue weighted by Gasteiger charge is -2.10. The fourth-order valence-corrected chi connectivity index (χ4v) is 4.22. The van der Waals surface area contributed by atoms with Crippen molar-refractivity contribution in [3.05, 3.63) is 101 Å². The van der Waals surface area contributed by atoms with Gasteiger partial charge in [-0.2, -0.15) is 0 Å². The topological polar surface area (TPSA) is 0 Å². The molecule has 0 N–H and O–H groups in total. The second-order valence-electron chi connectivity index (χ2n) is 5.74. The molecule has 1 heteroatoms. The number of allylic oxidation sites excluding steroid dienone is 5. The molecular weight excluding hydrogens is 280 g/mol. The van der Waals surface area contributed by atoms with E-state index in [1.807, 2.05) is 0 Å². The molecule has 1 atom stereocenters. The van der Waals surface area contributed by atoms with E-state index in [0.29, 0.717) is 5.92 Å². The maximum atomic E-state index is 2.39. The average molecular weight is 297 g/mol. The predicted octanol–water partition coefficient (Wildman–Crippen LogP) is 4.37. The van der Waals surface area contributed by atoms with Gasteiger partial charge in [0.15, 0.2) is 0 Å². The molecule has 22 heavy (non-hydrogen) atoms. The second kappa shape index (κ2) is 5.86. The van der Waals surface area contributed by atoms with Crippen LogP contribution < -0.4 is 0 Å². The summed E-state index contributed by atoms with van der Waals surface area (Å²) < 4.78 is 0. The molecule has 0 fully saturated rings. The SMILES string of the molecule is C1=CC(=[Si]Cc2ccccc2)C=C1C1C=Cc2ccccc21. The zero-order valence-electron chi connectivity index (χ0n) is 12.4. The van der Waals surface area contributed by atoms with Gasteiger partial charge in [0.25, 0.3) is 0 Å². The van der Waals surface area contributed by atoms with Gasteiger partial charge >= 0.3 is 0 Å². The van der Waals surface area contributed by atoms with Crippen molar-refractivity contribution in [2.75, 3.05) is 0 Å². The summed E-state index contributed by atoms with van der Waals surface area (Å²) in [6.45, 7) is 0. The number of rotatable bonds is 3. The molecule has 2 aromatic carbocycles. The third-order valence-electron chi connectivity index (χ3n) is 4.28. The molecule has 0 spiro atoms. The highest BCUT2D eigenvalue weighted by Gasteiger charge is 2.20. The highest BCUT2D eigenvalue weighted by Crippen LogP contribution is 2.36. The van der Waals surface area contributed by atoms with Gasteiger partial charge < -0.3 is 0 Å². The highest BCUT2D eigenvalue weighted by atomic mass is 28.2. The molecule has 0 aliphatic heterocycles. The van der Waals surface area contributed by atoms with Crippen molar-refractivity contribution in [3.8, 4) is 0 Å². The van der Waals surface area contributed by atoms with E-state index in [4.69, 9.17) is 0 Å². The maximum Gasteiger partial charge on any atom is 0.0342 e. The van der Waals surface area contributed by atoms with Crippen molar-refractivity contribution in [1.82, 2.24) is 0 Å². The molecule has 0 bridgehead atoms. The van der Waals surface area contributed by atoms with Crippen LogP contribution in [0, 0.1) is 0 Å². The minimum absolute atomic E-state index is 0.437. The first-order valence-corrected chi connectivity index (χ1v) is 8.92. The minimum atomic E-state index is 0.437. The standard InChI is InChI=1S/C21H17Si/c1-2-6-16(7-3-1)15-22-19-12-10-18(14-19)21-13-11-17-8-4-5-9-20(17)21/h1-14,21H,15H2. The van der Waals surface area contributed by atoms with Crippen LogP contribution in [0.3, 0.4) is 0 Å². The van der Waals surface area contributed by atoms with Gasteiger partial charge in [0, 0.05) is 15.0 Å². The molecule has 4 rings (SSSR count). The first-order valence-electron chi connectivity index (χ1n) is 7.72. The van der Waals surface area contributed by atoms with Crippen LogP contribution in [0.2, 0.25) is 0 Å². The molecule has 0 aromatic heterocycles. The lowest BCUT2D eigenvalue weighted by molar-refractivity contribution is 1.06. The minimum Gasteiger partial charge on any atom is -0.0720 e. The van der Waals surface area contributed by atoms with Gasteiger partial charge in [-0.25, -0.2) is 0 Å². The molecule has 0 saturated heterocycles. The van der Waals surface area contributed by atoms with Gasteiger partial charge in [-0.05, 0) is 33.5 Å². The van der Waals surface area contributed by atoms with Crippen molar-refractivity contribution in [2.45, 2.75) is 12.0 Å². The van der Waals surface area contributed by atoms with Crippen LogP contribution in [-0.4, -0.2) is 14.3 Å². The van der Waals surface area contributed by atoms with E-state index in [9.17, 15) is 0 Å². The van der Waals surface area contributed by atoms with Gasteiger partial charge in [-0.1, -0.05) is 85.0 Å². The van der Waals surface area contributed by atoms with Gasteiger partial charge in [0.05, 0.1) is 0 Å². The predicted molar refractivity (Wildman–Crippen MR) is 96.3 cm³/mol. The van der Waals surface area contributed by atoms with E-state index in [0.717, 1.165) is 15.2 Å². The van der Waals surface area contributed by atoms with Crippen LogP contribution >= 0.6 is 0 Å². The molecular formula is C21H17Si. The Morgan fingerprint density at radius 2 is 1.64 bits per heavy atom. The smallest absolute Gasteiger partial charge is 0.0342 e. The Kier molecular flexibility index (Phi) is 3.57. The highest BCUT2D eigenvalue weighted by molar-refractivity contribution is 6.60. The Hall–Kier alpha value is -2.25. The van der Waals surface area contributed by atoms with E-state index in [2.05, 4.69) is 85.0 Å². The maximum absolute atomic E-state index is 2.39. The lowest BCUT2D eigenvalue weighted by Crippen LogP contribution is -1.99. The molecule has 0 heterocycles. The summed E-state index contributed by atoms with van der Waals surface area (Å²) in [5.74, 6) is 0.437. The summed E-state index contributed by atoms with van der Waals surface area (Å²) in [6, 6.07) is 20.6. The lowest BCUT2D eigenvalue weighted by atomic mass is 9.94. The average Bonchev–Trinajstić information content (AvgIpc) is 3.20. The summed E-state index contributed by atoms with van der Waals surface area (Å²) in [4.78, 5) is 0. The molecule has 2 aromatic rings. The second-order valence-corrected chi connectivity index (χ2v) is 7.02. The molecule has 2 aliphatic carbocycles. The third-order valence-corrected chi connectivity index (χ3v) is 5.58. The molecule has 1 radical (unpaired) electrons. The van der Waals surface area contributed by atoms with Crippen molar-refractivity contribution in [2.24, 2.45) is 0 Å². The number of fused-ring (bicyclic) bond motifs is 1. The van der Waals surface area contributed by atoms with E-state index in [1.54, 1.807) is 0 Å². The first kappa shape index (κ1) is 13.4. The Balaban J connectivity index is 1.54. The van der Waals surface area contributed by atoms with Gasteiger partial charge in [-0.15, -0.1) is 0 Å². The van der Waals surface area contributed by atoms with Gasteiger partial charge in [0.1, 0.15) is 0 Å². The summed E-state index contributed by atoms with van der Waals surface area (Å²) in [6.07, 6.45) is 11.6. The van der Waals surface area contributed by atoms with Crippen LogP contribution in [0.4, 0.5) is 0 Å². The zero-order valence-corrected chi connectivity index (χ0v) is 13.4. The molecule has 1 unspecified atom stereocenters. The number of hydrogen-bond acceptors (Lipinski definition) is 0. The molecule has 0 amide bonds. The van der Waals surface area contributed by atoms with Crippen molar-refractivity contribution < 1.29 is 0 Å². The van der Waals surface area contributed by atoms with Crippen LogP contribution in [0.5, 0.6) is 0 Å². The summed E-state index contributed by atoms with van der Waals surface area (Å²) >= 11 is 0. The quantitative estimate of drug-likeness (QED) is 0.738. The van der Waals surface area contributed by atoms with E-state index in [1.165, 1.54) is 27.4 Å². The van der Waals surface area contributed by atoms with E-state index in [-0.39, 0.29) is 0 Å². The van der Waals surface area contributed by atoms with Crippen LogP contribution in [-0.2, 0) is 6.04 Å². The monoisotopic (exact) mass is 297 g/mol. The molecule has 0 saturated carbocycles. The van der Waals surface area contributed by atoms with Crippen molar-refractivity contribution in [1.29, 1.82) is 0 Å². The summed E-state index contributed by atoms with van der Waals surface area (Å²) in [7, 11) is 0.847. The first-order chi connectivity index (χ1) is 10.9. The van der Waals surface area contributed by atoms with Gasteiger partial charge in [0.2, 0.25) is 0 Å². The van der Waals surface area contributed by atoms with E-state index < -0.39 is 0 Å². The van der Waals surface area contributed by atoms with Gasteiger partial charge in [-0.3, -0.25) is 0 Å². The number of benzene rings is 2. The van der Waals surface area contributed by atoms with E-state index >= 15 is 0 Å². The van der Waals surface area contributed by atoms with Crippen LogP contribution in [0.15, 0.2) is 84.5 Å². The largest absolute Gasteiger partial charge is 0.0720 e. The molecule has 105 valence electrons. The Labute approximate surface area is 134 Å². The summed E-state index contributed by atoms with van der Waals surface area (Å²) in [5.41, 5.74) is 5.65. The Bertz CT molecular complexity index is 807. The summed E-state index contributed by atoms with van der Waals surface area (Å²) in [5, 5.41) is 1.47. The number of hydrogen-bond donors (Lipinski definition) is 0. The molecule has 0 nitrogen and oxygen atoms in total.